The van der Waals surface area contributed by atoms with Crippen LogP contribution < -0.4 is 21.3 Å². The van der Waals surface area contributed by atoms with Gasteiger partial charge in [-0.25, -0.2) is 0 Å². The van der Waals surface area contributed by atoms with E-state index in [1.54, 1.807) is 6.07 Å². The highest BCUT2D eigenvalue weighted by Gasteiger charge is 2.24. The minimum Gasteiger partial charge on any atom is -0.368 e. The molecule has 1 saturated heterocycles. The molecule has 8 heteroatoms. The molecule has 3 amide bonds. The van der Waals surface area contributed by atoms with E-state index in [9.17, 15) is 14.4 Å². The molecule has 2 aliphatic rings. The molecule has 8 nitrogen and oxygen atoms in total. The van der Waals surface area contributed by atoms with Crippen LogP contribution in [0.5, 0.6) is 0 Å². The SMILES string of the molecule is CC(=O)Nc1cc(C(=O)NC2CCC(N)CC2)ccc1N1CCCN(C(=O)Cc2ccccc2)CC1. The Balaban J connectivity index is 1.43. The lowest BCUT2D eigenvalue weighted by Crippen LogP contribution is -2.40. The van der Waals surface area contributed by atoms with Gasteiger partial charge in [0.1, 0.15) is 0 Å². The van der Waals surface area contributed by atoms with E-state index >= 15 is 0 Å². The lowest BCUT2D eigenvalue weighted by atomic mass is 9.91. The number of carbonyl (C=O) groups is 3. The number of amides is 3. The summed E-state index contributed by atoms with van der Waals surface area (Å²) in [5, 5.41) is 6.02. The molecule has 1 saturated carbocycles. The number of rotatable bonds is 6. The summed E-state index contributed by atoms with van der Waals surface area (Å²) in [6.45, 7) is 4.19. The maximum absolute atomic E-state index is 12.9. The third kappa shape index (κ3) is 6.85. The van der Waals surface area contributed by atoms with Gasteiger partial charge in [-0.15, -0.1) is 0 Å². The number of anilines is 2. The van der Waals surface area contributed by atoms with Crippen LogP contribution in [0.2, 0.25) is 0 Å². The molecule has 2 fully saturated rings. The van der Waals surface area contributed by atoms with Crippen LogP contribution in [0, 0.1) is 0 Å². The maximum Gasteiger partial charge on any atom is 0.251 e. The molecule has 0 spiro atoms. The smallest absolute Gasteiger partial charge is 0.251 e. The molecule has 1 heterocycles. The molecular weight excluding hydrogens is 454 g/mol. The summed E-state index contributed by atoms with van der Waals surface area (Å²) in [7, 11) is 0. The first kappa shape index (κ1) is 25.7. The van der Waals surface area contributed by atoms with Crippen molar-refractivity contribution in [2.75, 3.05) is 36.4 Å². The van der Waals surface area contributed by atoms with Crippen molar-refractivity contribution in [3.8, 4) is 0 Å². The van der Waals surface area contributed by atoms with Gasteiger partial charge >= 0.3 is 0 Å². The number of nitrogens with zero attached hydrogens (tertiary/aromatic N) is 2. The second-order valence-electron chi connectivity index (χ2n) is 9.88. The second kappa shape index (κ2) is 12.0. The van der Waals surface area contributed by atoms with Crippen LogP contribution in [0.4, 0.5) is 11.4 Å². The third-order valence-corrected chi connectivity index (χ3v) is 7.06. The first-order chi connectivity index (χ1) is 17.4. The molecule has 36 heavy (non-hydrogen) atoms. The quantitative estimate of drug-likeness (QED) is 0.576. The molecule has 192 valence electrons. The zero-order chi connectivity index (χ0) is 25.5. The van der Waals surface area contributed by atoms with Gasteiger partial charge in [0.2, 0.25) is 11.8 Å². The highest BCUT2D eigenvalue weighted by atomic mass is 16.2. The van der Waals surface area contributed by atoms with Crippen LogP contribution >= 0.6 is 0 Å². The van der Waals surface area contributed by atoms with Crippen LogP contribution in [0.1, 0.15) is 54.9 Å². The number of carbonyl (C=O) groups excluding carboxylic acids is 3. The number of nitrogens with two attached hydrogens (primary N) is 1. The fourth-order valence-corrected chi connectivity index (χ4v) is 5.07. The summed E-state index contributed by atoms with van der Waals surface area (Å²) in [6.07, 6.45) is 4.83. The molecule has 1 aliphatic heterocycles. The van der Waals surface area contributed by atoms with Gasteiger partial charge in [0, 0.05) is 50.7 Å². The van der Waals surface area contributed by atoms with Crippen molar-refractivity contribution in [3.63, 3.8) is 0 Å². The molecule has 2 aromatic carbocycles. The molecule has 4 rings (SSSR count). The lowest BCUT2D eigenvalue weighted by Gasteiger charge is -2.28. The summed E-state index contributed by atoms with van der Waals surface area (Å²) >= 11 is 0. The molecular formula is C28H37N5O3. The van der Waals surface area contributed by atoms with Gasteiger partial charge in [0.05, 0.1) is 17.8 Å². The number of nitrogens with one attached hydrogen (secondary N) is 2. The van der Waals surface area contributed by atoms with Crippen molar-refractivity contribution in [2.24, 2.45) is 5.73 Å². The Morgan fingerprint density at radius 2 is 1.69 bits per heavy atom. The van der Waals surface area contributed by atoms with Gasteiger partial charge in [-0.3, -0.25) is 14.4 Å². The fraction of sp³-hybridized carbons (Fsp3) is 0.464. The topological polar surface area (TPSA) is 108 Å². The van der Waals surface area contributed by atoms with E-state index < -0.39 is 0 Å². The molecule has 0 aromatic heterocycles. The van der Waals surface area contributed by atoms with Crippen LogP contribution in [0.15, 0.2) is 48.5 Å². The van der Waals surface area contributed by atoms with E-state index in [0.717, 1.165) is 49.9 Å². The molecule has 4 N–H and O–H groups in total. The lowest BCUT2D eigenvalue weighted by molar-refractivity contribution is -0.130. The zero-order valence-electron chi connectivity index (χ0n) is 21.0. The summed E-state index contributed by atoms with van der Waals surface area (Å²) in [5.74, 6) is -0.201. The normalized spacial score (nSPS) is 20.4. The maximum atomic E-state index is 12.9. The van der Waals surface area contributed by atoms with Crippen molar-refractivity contribution in [1.29, 1.82) is 0 Å². The second-order valence-corrected chi connectivity index (χ2v) is 9.88. The first-order valence-corrected chi connectivity index (χ1v) is 12.9. The van der Waals surface area contributed by atoms with E-state index in [1.807, 2.05) is 47.4 Å². The van der Waals surface area contributed by atoms with Crippen molar-refractivity contribution in [2.45, 2.75) is 57.5 Å². The zero-order valence-corrected chi connectivity index (χ0v) is 21.0. The summed E-state index contributed by atoms with van der Waals surface area (Å²) in [4.78, 5) is 41.9. The minimum absolute atomic E-state index is 0.126. The third-order valence-electron chi connectivity index (χ3n) is 7.06. The van der Waals surface area contributed by atoms with E-state index in [1.165, 1.54) is 6.92 Å². The van der Waals surface area contributed by atoms with Crippen molar-refractivity contribution in [1.82, 2.24) is 10.2 Å². The fourth-order valence-electron chi connectivity index (χ4n) is 5.07. The Morgan fingerprint density at radius 3 is 2.42 bits per heavy atom. The molecule has 2 aromatic rings. The molecule has 0 radical (unpaired) electrons. The van der Waals surface area contributed by atoms with Gasteiger partial charge in [-0.2, -0.15) is 0 Å². The number of hydrogen-bond acceptors (Lipinski definition) is 5. The van der Waals surface area contributed by atoms with E-state index in [2.05, 4.69) is 15.5 Å². The highest BCUT2D eigenvalue weighted by molar-refractivity contribution is 5.99. The average Bonchev–Trinajstić information content (AvgIpc) is 3.12. The molecule has 0 bridgehead atoms. The van der Waals surface area contributed by atoms with Gasteiger partial charge in [-0.1, -0.05) is 30.3 Å². The Bertz CT molecular complexity index is 1070. The van der Waals surface area contributed by atoms with Crippen LogP contribution in [0.3, 0.4) is 0 Å². The van der Waals surface area contributed by atoms with Crippen molar-refractivity contribution >= 4 is 29.1 Å². The Labute approximate surface area is 213 Å². The van der Waals surface area contributed by atoms with Crippen LogP contribution in [-0.2, 0) is 16.0 Å². The van der Waals surface area contributed by atoms with Gasteiger partial charge in [0.25, 0.3) is 5.91 Å². The number of hydrogen-bond donors (Lipinski definition) is 3. The van der Waals surface area contributed by atoms with Crippen LogP contribution in [-0.4, -0.2) is 60.9 Å². The standard InChI is InChI=1S/C28H37N5O3/c1-20(34)30-25-19-22(28(36)31-24-11-9-23(29)10-12-24)8-13-26(25)32-14-5-15-33(17-16-32)27(35)18-21-6-3-2-4-7-21/h2-4,6-8,13,19,23-24H,5,9-12,14-18,29H2,1H3,(H,30,34)(H,31,36). The Morgan fingerprint density at radius 1 is 0.944 bits per heavy atom. The first-order valence-electron chi connectivity index (χ1n) is 12.9. The van der Waals surface area contributed by atoms with E-state index in [0.29, 0.717) is 37.3 Å². The largest absolute Gasteiger partial charge is 0.368 e. The molecule has 0 atom stereocenters. The van der Waals surface area contributed by atoms with Gasteiger partial charge < -0.3 is 26.2 Å². The summed E-state index contributed by atoms with van der Waals surface area (Å²) in [5.41, 5.74) is 9.00. The average molecular weight is 492 g/mol. The predicted molar refractivity (Wildman–Crippen MR) is 142 cm³/mol. The van der Waals surface area contributed by atoms with Gasteiger partial charge in [-0.05, 0) is 55.9 Å². The number of benzene rings is 2. The highest BCUT2D eigenvalue weighted by Crippen LogP contribution is 2.29. The molecule has 1 aliphatic carbocycles. The van der Waals surface area contributed by atoms with E-state index in [4.69, 9.17) is 5.73 Å². The molecule has 0 unspecified atom stereocenters. The Kier molecular flexibility index (Phi) is 8.59. The summed E-state index contributed by atoms with van der Waals surface area (Å²) in [6, 6.07) is 15.6. The minimum atomic E-state index is -0.190. The van der Waals surface area contributed by atoms with Crippen molar-refractivity contribution in [3.05, 3.63) is 59.7 Å². The predicted octanol–water partition coefficient (Wildman–Crippen LogP) is 2.93. The Hall–Kier alpha value is -3.39. The summed E-state index contributed by atoms with van der Waals surface area (Å²) < 4.78 is 0. The monoisotopic (exact) mass is 491 g/mol. The van der Waals surface area contributed by atoms with E-state index in [-0.39, 0.29) is 29.8 Å². The van der Waals surface area contributed by atoms with Crippen LogP contribution in [0.25, 0.3) is 0 Å². The van der Waals surface area contributed by atoms with Gasteiger partial charge in [0.15, 0.2) is 0 Å². The van der Waals surface area contributed by atoms with Crippen molar-refractivity contribution < 1.29 is 14.4 Å².